The van der Waals surface area contributed by atoms with E-state index in [1.807, 2.05) is 0 Å². The molecule has 2 heteroatoms. The number of piperazine rings is 1. The van der Waals surface area contributed by atoms with Gasteiger partial charge < -0.3 is 5.32 Å². The first-order valence-corrected chi connectivity index (χ1v) is 6.76. The first kappa shape index (κ1) is 11.2. The van der Waals surface area contributed by atoms with Crippen molar-refractivity contribution in [2.24, 2.45) is 0 Å². The molecule has 0 amide bonds. The normalized spacial score (nSPS) is 29.3. The first-order chi connectivity index (χ1) is 8.24. The third kappa shape index (κ3) is 2.12. The minimum absolute atomic E-state index is 0.750. The van der Waals surface area contributed by atoms with Gasteiger partial charge in [0.1, 0.15) is 0 Å². The zero-order valence-electron chi connectivity index (χ0n) is 10.9. The smallest absolute Gasteiger partial charge is 0.0227 e. The molecule has 3 rings (SSSR count). The maximum atomic E-state index is 3.51. The largest absolute Gasteiger partial charge is 0.314 e. The fourth-order valence-electron chi connectivity index (χ4n) is 3.47. The lowest BCUT2D eigenvalue weighted by Gasteiger charge is -2.29. The first-order valence-electron chi connectivity index (χ1n) is 6.76. The van der Waals surface area contributed by atoms with E-state index in [0.29, 0.717) is 0 Å². The molecule has 2 heterocycles. The van der Waals surface area contributed by atoms with Crippen molar-refractivity contribution in [2.75, 3.05) is 26.2 Å². The lowest BCUT2D eigenvalue weighted by atomic mass is 9.91. The van der Waals surface area contributed by atoms with Crippen molar-refractivity contribution >= 4 is 0 Å². The van der Waals surface area contributed by atoms with Crippen LogP contribution in [0.1, 0.15) is 29.0 Å². The predicted molar refractivity (Wildman–Crippen MR) is 71.5 cm³/mol. The van der Waals surface area contributed by atoms with Gasteiger partial charge in [-0.1, -0.05) is 23.8 Å². The Labute approximate surface area is 104 Å². The number of hydrogen-bond acceptors (Lipinski definition) is 2. The average Bonchev–Trinajstić information content (AvgIpc) is 2.72. The maximum absolute atomic E-state index is 3.51. The summed E-state index contributed by atoms with van der Waals surface area (Å²) in [5.74, 6) is 0.750. The van der Waals surface area contributed by atoms with Gasteiger partial charge in [-0.25, -0.2) is 0 Å². The van der Waals surface area contributed by atoms with Crippen LogP contribution in [0, 0.1) is 13.8 Å². The van der Waals surface area contributed by atoms with E-state index in [9.17, 15) is 0 Å². The van der Waals surface area contributed by atoms with E-state index >= 15 is 0 Å². The standard InChI is InChI=1S/C15H22N2/c1-11-3-4-15(12(2)7-11)13-8-14-9-16-5-6-17(14)10-13/h3-4,7,13-14,16H,5-6,8-10H2,1-2H3. The van der Waals surface area contributed by atoms with Gasteiger partial charge in [-0.15, -0.1) is 0 Å². The number of nitrogens with zero attached hydrogens (tertiary/aromatic N) is 1. The number of benzene rings is 1. The fourth-order valence-corrected chi connectivity index (χ4v) is 3.47. The summed E-state index contributed by atoms with van der Waals surface area (Å²) in [6.45, 7) is 9.27. The molecule has 0 aromatic heterocycles. The van der Waals surface area contributed by atoms with Crippen molar-refractivity contribution in [1.29, 1.82) is 0 Å². The summed E-state index contributed by atoms with van der Waals surface area (Å²) in [6, 6.07) is 7.71. The molecule has 2 atom stereocenters. The number of aryl methyl sites for hydroxylation is 2. The third-order valence-electron chi connectivity index (χ3n) is 4.35. The second kappa shape index (κ2) is 4.43. The molecule has 1 N–H and O–H groups in total. The molecule has 0 spiro atoms. The van der Waals surface area contributed by atoms with Crippen LogP contribution in [-0.4, -0.2) is 37.1 Å². The molecule has 1 aromatic rings. The Hall–Kier alpha value is -0.860. The van der Waals surface area contributed by atoms with Crippen LogP contribution in [0.2, 0.25) is 0 Å². The van der Waals surface area contributed by atoms with Crippen LogP contribution < -0.4 is 5.32 Å². The van der Waals surface area contributed by atoms with E-state index in [1.54, 1.807) is 5.56 Å². The molecule has 2 fully saturated rings. The van der Waals surface area contributed by atoms with E-state index in [-0.39, 0.29) is 0 Å². The Balaban J connectivity index is 1.81. The Kier molecular flexibility index (Phi) is 2.93. The van der Waals surface area contributed by atoms with Gasteiger partial charge in [-0.3, -0.25) is 4.90 Å². The van der Waals surface area contributed by atoms with Gasteiger partial charge in [-0.2, -0.15) is 0 Å². The van der Waals surface area contributed by atoms with Crippen LogP contribution >= 0.6 is 0 Å². The maximum Gasteiger partial charge on any atom is 0.0227 e. The second-order valence-corrected chi connectivity index (χ2v) is 5.65. The van der Waals surface area contributed by atoms with Crippen molar-refractivity contribution in [2.45, 2.75) is 32.2 Å². The van der Waals surface area contributed by atoms with Gasteiger partial charge in [0.25, 0.3) is 0 Å². The molecule has 2 nitrogen and oxygen atoms in total. The number of fused-ring (bicyclic) bond motifs is 1. The molecule has 2 aliphatic rings. The lowest BCUT2D eigenvalue weighted by Crippen LogP contribution is -2.47. The Morgan fingerprint density at radius 3 is 2.94 bits per heavy atom. The highest BCUT2D eigenvalue weighted by atomic mass is 15.2. The highest BCUT2D eigenvalue weighted by Gasteiger charge is 2.34. The van der Waals surface area contributed by atoms with Crippen LogP contribution in [0.3, 0.4) is 0 Å². The Bertz CT molecular complexity index is 399. The minimum Gasteiger partial charge on any atom is -0.314 e. The van der Waals surface area contributed by atoms with Crippen molar-refractivity contribution in [3.63, 3.8) is 0 Å². The van der Waals surface area contributed by atoms with Crippen molar-refractivity contribution in [3.8, 4) is 0 Å². The fraction of sp³-hybridized carbons (Fsp3) is 0.600. The van der Waals surface area contributed by atoms with Crippen LogP contribution in [0.15, 0.2) is 18.2 Å². The highest BCUT2D eigenvalue weighted by molar-refractivity contribution is 5.34. The van der Waals surface area contributed by atoms with E-state index in [4.69, 9.17) is 0 Å². The SMILES string of the molecule is Cc1ccc(C2CC3CNCCN3C2)c(C)c1. The predicted octanol–water partition coefficient (Wildman–Crippen LogP) is 2.06. The molecule has 0 radical (unpaired) electrons. The van der Waals surface area contributed by atoms with Crippen molar-refractivity contribution < 1.29 is 0 Å². The van der Waals surface area contributed by atoms with Crippen LogP contribution in [0.25, 0.3) is 0 Å². The van der Waals surface area contributed by atoms with Gasteiger partial charge in [0.2, 0.25) is 0 Å². The second-order valence-electron chi connectivity index (χ2n) is 5.65. The topological polar surface area (TPSA) is 15.3 Å². The van der Waals surface area contributed by atoms with Gasteiger partial charge in [0, 0.05) is 32.2 Å². The molecule has 0 saturated carbocycles. The van der Waals surface area contributed by atoms with Gasteiger partial charge in [-0.05, 0) is 37.3 Å². The quantitative estimate of drug-likeness (QED) is 0.794. The lowest BCUT2D eigenvalue weighted by molar-refractivity contribution is 0.211. The molecule has 2 unspecified atom stereocenters. The molecular formula is C15H22N2. The molecule has 17 heavy (non-hydrogen) atoms. The molecule has 1 aromatic carbocycles. The Morgan fingerprint density at radius 2 is 2.18 bits per heavy atom. The summed E-state index contributed by atoms with van der Waals surface area (Å²) in [4.78, 5) is 2.67. The zero-order chi connectivity index (χ0) is 11.8. The molecule has 2 saturated heterocycles. The summed E-state index contributed by atoms with van der Waals surface area (Å²) < 4.78 is 0. The number of rotatable bonds is 1. The van der Waals surface area contributed by atoms with Crippen LogP contribution in [0.4, 0.5) is 0 Å². The van der Waals surface area contributed by atoms with E-state index < -0.39 is 0 Å². The van der Waals surface area contributed by atoms with Gasteiger partial charge >= 0.3 is 0 Å². The number of nitrogens with one attached hydrogen (secondary N) is 1. The molecule has 0 bridgehead atoms. The summed E-state index contributed by atoms with van der Waals surface area (Å²) in [5.41, 5.74) is 4.43. The molecule has 92 valence electrons. The minimum atomic E-state index is 0.750. The summed E-state index contributed by atoms with van der Waals surface area (Å²) in [7, 11) is 0. The van der Waals surface area contributed by atoms with Crippen LogP contribution in [0.5, 0.6) is 0 Å². The van der Waals surface area contributed by atoms with Crippen LogP contribution in [-0.2, 0) is 0 Å². The molecular weight excluding hydrogens is 208 g/mol. The van der Waals surface area contributed by atoms with Crippen molar-refractivity contribution in [1.82, 2.24) is 10.2 Å². The van der Waals surface area contributed by atoms with Gasteiger partial charge in [0.15, 0.2) is 0 Å². The number of hydrogen-bond donors (Lipinski definition) is 1. The monoisotopic (exact) mass is 230 g/mol. The summed E-state index contributed by atoms with van der Waals surface area (Å²) in [6.07, 6.45) is 1.33. The third-order valence-corrected chi connectivity index (χ3v) is 4.35. The molecule has 0 aliphatic carbocycles. The summed E-state index contributed by atoms with van der Waals surface area (Å²) in [5, 5.41) is 3.51. The molecule has 2 aliphatic heterocycles. The zero-order valence-corrected chi connectivity index (χ0v) is 10.9. The average molecular weight is 230 g/mol. The van der Waals surface area contributed by atoms with E-state index in [1.165, 1.54) is 37.2 Å². The summed E-state index contributed by atoms with van der Waals surface area (Å²) >= 11 is 0. The van der Waals surface area contributed by atoms with E-state index in [0.717, 1.165) is 18.5 Å². The highest BCUT2D eigenvalue weighted by Crippen LogP contribution is 2.33. The Morgan fingerprint density at radius 1 is 1.29 bits per heavy atom. The van der Waals surface area contributed by atoms with E-state index in [2.05, 4.69) is 42.3 Å². The van der Waals surface area contributed by atoms with Crippen molar-refractivity contribution in [3.05, 3.63) is 34.9 Å². The van der Waals surface area contributed by atoms with Gasteiger partial charge in [0.05, 0.1) is 0 Å².